The van der Waals surface area contributed by atoms with Crippen molar-refractivity contribution in [2.24, 2.45) is 0 Å². The third-order valence-corrected chi connectivity index (χ3v) is 7.15. The minimum Gasteiger partial charge on any atom is -0.495 e. The minimum atomic E-state index is -0.860. The van der Waals surface area contributed by atoms with Gasteiger partial charge in [-0.3, -0.25) is 14.5 Å². The highest BCUT2D eigenvalue weighted by atomic mass is 35.5. The number of amides is 2. The zero-order chi connectivity index (χ0) is 23.9. The summed E-state index contributed by atoms with van der Waals surface area (Å²) in [6.07, 6.45) is 5.47. The van der Waals surface area contributed by atoms with Crippen LogP contribution in [0.25, 0.3) is 0 Å². The fraction of sp³-hybridized carbons (Fsp3) is 0.333. The van der Waals surface area contributed by atoms with E-state index in [2.05, 4.69) is 5.32 Å². The molecular weight excluding hydrogens is 468 g/mol. The quantitative estimate of drug-likeness (QED) is 0.405. The van der Waals surface area contributed by atoms with Crippen LogP contribution in [0.15, 0.2) is 65.4 Å². The summed E-state index contributed by atoms with van der Waals surface area (Å²) in [5, 5.41) is 7.58. The number of carbonyl (C=O) groups is 2. The average molecular weight is 497 g/mol. The lowest BCUT2D eigenvalue weighted by atomic mass is 9.94. The summed E-state index contributed by atoms with van der Waals surface area (Å²) in [6.45, 7) is 0. The van der Waals surface area contributed by atoms with Crippen molar-refractivity contribution < 1.29 is 14.3 Å². The van der Waals surface area contributed by atoms with Gasteiger partial charge in [-0.05, 0) is 59.0 Å². The van der Waals surface area contributed by atoms with Crippen LogP contribution in [0, 0.1) is 0 Å². The van der Waals surface area contributed by atoms with Crippen molar-refractivity contribution >= 4 is 40.4 Å². The third kappa shape index (κ3) is 5.80. The number of methoxy groups -OCH3 is 1. The Morgan fingerprint density at radius 1 is 1.12 bits per heavy atom. The van der Waals surface area contributed by atoms with Crippen molar-refractivity contribution in [3.05, 3.63) is 81.5 Å². The molecule has 4 rings (SSSR count). The van der Waals surface area contributed by atoms with Gasteiger partial charge in [0.05, 0.1) is 19.2 Å². The number of carbonyl (C=O) groups excluding carboxylic acids is 2. The molecule has 0 saturated heterocycles. The highest BCUT2D eigenvalue weighted by Gasteiger charge is 2.35. The lowest BCUT2D eigenvalue weighted by Gasteiger charge is -2.34. The molecule has 2 aromatic carbocycles. The Morgan fingerprint density at radius 2 is 1.88 bits per heavy atom. The largest absolute Gasteiger partial charge is 0.495 e. The van der Waals surface area contributed by atoms with E-state index in [0.29, 0.717) is 16.5 Å². The van der Waals surface area contributed by atoms with Crippen LogP contribution in [0.5, 0.6) is 5.75 Å². The highest BCUT2D eigenvalue weighted by Crippen LogP contribution is 2.37. The standard InChI is InChI=1S/C27H29ClN2O3S/c1-33-24-13-12-21(28)17-23(24)30(25(31)16-19-14-15-34-18-19)26(20-8-4-2-5-9-20)27(32)29-22-10-6-3-7-11-22/h2,4-5,8-9,12-15,17-18,22,26H,3,6-7,10-11,16H2,1H3,(H,29,32). The highest BCUT2D eigenvalue weighted by molar-refractivity contribution is 7.08. The van der Waals surface area contributed by atoms with Crippen LogP contribution in [-0.4, -0.2) is 25.0 Å². The molecule has 178 valence electrons. The van der Waals surface area contributed by atoms with Gasteiger partial charge in [0.15, 0.2) is 0 Å². The van der Waals surface area contributed by atoms with Crippen LogP contribution in [0.4, 0.5) is 5.69 Å². The number of rotatable bonds is 8. The van der Waals surface area contributed by atoms with Gasteiger partial charge in [0.2, 0.25) is 11.8 Å². The molecular formula is C27H29ClN2O3S. The molecule has 0 spiro atoms. The zero-order valence-electron chi connectivity index (χ0n) is 19.2. The summed E-state index contributed by atoms with van der Waals surface area (Å²) in [6, 6.07) is 15.7. The van der Waals surface area contributed by atoms with Crippen molar-refractivity contribution in [2.75, 3.05) is 12.0 Å². The van der Waals surface area contributed by atoms with Gasteiger partial charge < -0.3 is 10.1 Å². The Labute approximate surface area is 209 Å². The van der Waals surface area contributed by atoms with Gasteiger partial charge in [-0.25, -0.2) is 0 Å². The maximum absolute atomic E-state index is 13.9. The van der Waals surface area contributed by atoms with Crippen LogP contribution in [0.1, 0.15) is 49.3 Å². The normalized spacial score (nSPS) is 14.9. The Morgan fingerprint density at radius 3 is 2.56 bits per heavy atom. The molecule has 1 fully saturated rings. The lowest BCUT2D eigenvalue weighted by molar-refractivity contribution is -0.127. The van der Waals surface area contributed by atoms with Crippen molar-refractivity contribution in [1.29, 1.82) is 0 Å². The van der Waals surface area contributed by atoms with E-state index >= 15 is 0 Å². The van der Waals surface area contributed by atoms with Crippen molar-refractivity contribution in [1.82, 2.24) is 5.32 Å². The molecule has 1 aliphatic carbocycles. The van der Waals surface area contributed by atoms with E-state index in [1.807, 2.05) is 47.2 Å². The topological polar surface area (TPSA) is 58.6 Å². The predicted octanol–water partition coefficient (Wildman–Crippen LogP) is 6.18. The first-order valence-corrected chi connectivity index (χ1v) is 12.9. The maximum Gasteiger partial charge on any atom is 0.248 e. The van der Waals surface area contributed by atoms with Gasteiger partial charge in [0, 0.05) is 11.1 Å². The van der Waals surface area contributed by atoms with Crippen LogP contribution in [-0.2, 0) is 16.0 Å². The number of anilines is 1. The van der Waals surface area contributed by atoms with E-state index < -0.39 is 6.04 Å². The van der Waals surface area contributed by atoms with Gasteiger partial charge in [0.1, 0.15) is 11.8 Å². The Bertz CT molecular complexity index is 1100. The van der Waals surface area contributed by atoms with Gasteiger partial charge in [-0.1, -0.05) is 61.2 Å². The van der Waals surface area contributed by atoms with Crippen LogP contribution in [0.3, 0.4) is 0 Å². The Balaban J connectivity index is 1.79. The van der Waals surface area contributed by atoms with Gasteiger partial charge >= 0.3 is 0 Å². The summed E-state index contributed by atoms with van der Waals surface area (Å²) in [5.41, 5.74) is 2.11. The second-order valence-corrected chi connectivity index (χ2v) is 9.76. The molecule has 2 amide bonds. The summed E-state index contributed by atoms with van der Waals surface area (Å²) in [5.74, 6) is 0.0832. The SMILES string of the molecule is COc1ccc(Cl)cc1N(C(=O)Cc1ccsc1)C(C(=O)NC1CCCCC1)c1ccccc1. The van der Waals surface area contributed by atoms with E-state index in [0.717, 1.165) is 36.8 Å². The average Bonchev–Trinajstić information content (AvgIpc) is 3.36. The molecule has 7 heteroatoms. The molecule has 0 radical (unpaired) electrons. The van der Waals surface area contributed by atoms with Crippen LogP contribution < -0.4 is 15.0 Å². The molecule has 3 aromatic rings. The van der Waals surface area contributed by atoms with Crippen LogP contribution in [0.2, 0.25) is 5.02 Å². The molecule has 0 aliphatic heterocycles. The number of nitrogens with zero attached hydrogens (tertiary/aromatic N) is 1. The maximum atomic E-state index is 13.9. The number of halogens is 1. The minimum absolute atomic E-state index is 0.113. The van der Waals surface area contributed by atoms with Gasteiger partial charge in [-0.2, -0.15) is 11.3 Å². The first-order chi connectivity index (χ1) is 16.6. The third-order valence-electron chi connectivity index (χ3n) is 6.18. The predicted molar refractivity (Wildman–Crippen MR) is 138 cm³/mol. The summed E-state index contributed by atoms with van der Waals surface area (Å²) < 4.78 is 5.60. The summed E-state index contributed by atoms with van der Waals surface area (Å²) in [7, 11) is 1.55. The molecule has 34 heavy (non-hydrogen) atoms. The first kappa shape index (κ1) is 24.3. The summed E-state index contributed by atoms with van der Waals surface area (Å²) >= 11 is 7.90. The van der Waals surface area contributed by atoms with E-state index in [1.54, 1.807) is 30.2 Å². The summed E-state index contributed by atoms with van der Waals surface area (Å²) in [4.78, 5) is 29.2. The molecule has 1 aliphatic rings. The number of thiophene rings is 1. The van der Waals surface area contributed by atoms with Gasteiger partial charge in [-0.15, -0.1) is 0 Å². The van der Waals surface area contributed by atoms with E-state index in [1.165, 1.54) is 17.8 Å². The fourth-order valence-electron chi connectivity index (χ4n) is 4.50. The van der Waals surface area contributed by atoms with E-state index in [9.17, 15) is 9.59 Å². The lowest BCUT2D eigenvalue weighted by Crippen LogP contribution is -2.47. The number of nitrogens with one attached hydrogen (secondary N) is 1. The first-order valence-electron chi connectivity index (χ1n) is 11.6. The number of ether oxygens (including phenoxy) is 1. The van der Waals surface area contributed by atoms with Crippen LogP contribution >= 0.6 is 22.9 Å². The van der Waals surface area contributed by atoms with E-state index in [4.69, 9.17) is 16.3 Å². The molecule has 1 unspecified atom stereocenters. The molecule has 1 aromatic heterocycles. The molecule has 1 atom stereocenters. The number of benzene rings is 2. The Kier molecular flexibility index (Phi) is 8.25. The fourth-order valence-corrected chi connectivity index (χ4v) is 5.34. The molecule has 1 heterocycles. The Hall–Kier alpha value is -2.83. The zero-order valence-corrected chi connectivity index (χ0v) is 20.8. The second-order valence-electron chi connectivity index (χ2n) is 8.55. The number of hydrogen-bond donors (Lipinski definition) is 1. The smallest absolute Gasteiger partial charge is 0.248 e. The number of hydrogen-bond acceptors (Lipinski definition) is 4. The van der Waals surface area contributed by atoms with Crippen molar-refractivity contribution in [2.45, 2.75) is 50.6 Å². The molecule has 5 nitrogen and oxygen atoms in total. The monoisotopic (exact) mass is 496 g/mol. The molecule has 1 saturated carbocycles. The van der Waals surface area contributed by atoms with Crippen molar-refractivity contribution in [3.63, 3.8) is 0 Å². The van der Waals surface area contributed by atoms with Crippen molar-refractivity contribution in [3.8, 4) is 5.75 Å². The van der Waals surface area contributed by atoms with Gasteiger partial charge in [0.25, 0.3) is 0 Å². The second kappa shape index (κ2) is 11.5. The molecule has 1 N–H and O–H groups in total. The van der Waals surface area contributed by atoms with E-state index in [-0.39, 0.29) is 24.3 Å². The molecule has 0 bridgehead atoms.